The summed E-state index contributed by atoms with van der Waals surface area (Å²) in [6.45, 7) is 4.67. The maximum Gasteiger partial charge on any atom is 0.221 e. The fraction of sp³-hybridized carbons (Fsp3) is 0.562. The second kappa shape index (κ2) is 9.65. The van der Waals surface area contributed by atoms with Crippen LogP contribution in [0.1, 0.15) is 52.4 Å². The van der Waals surface area contributed by atoms with E-state index in [1.54, 1.807) is 0 Å². The SMILES string of the molecule is CCCCCCCCNc1ccc(NC(C)=O)c(Cl)c1. The van der Waals surface area contributed by atoms with Crippen LogP contribution in [0, 0.1) is 0 Å². The molecule has 1 aromatic carbocycles. The summed E-state index contributed by atoms with van der Waals surface area (Å²) in [6.07, 6.45) is 7.73. The summed E-state index contributed by atoms with van der Waals surface area (Å²) < 4.78 is 0. The molecule has 0 aliphatic rings. The molecule has 0 saturated heterocycles. The first-order valence-corrected chi connectivity index (χ1v) is 7.82. The standard InChI is InChI=1S/C16H25ClN2O/c1-3-4-5-6-7-8-11-18-14-9-10-16(15(17)12-14)19-13(2)20/h9-10,12,18H,3-8,11H2,1-2H3,(H,19,20). The van der Waals surface area contributed by atoms with Gasteiger partial charge in [0.2, 0.25) is 5.91 Å². The van der Waals surface area contributed by atoms with Crippen molar-refractivity contribution < 1.29 is 4.79 Å². The van der Waals surface area contributed by atoms with Crippen molar-refractivity contribution in [2.45, 2.75) is 52.4 Å². The Morgan fingerprint density at radius 3 is 2.50 bits per heavy atom. The first-order valence-electron chi connectivity index (χ1n) is 7.44. The van der Waals surface area contributed by atoms with Gasteiger partial charge in [0, 0.05) is 19.2 Å². The van der Waals surface area contributed by atoms with Crippen LogP contribution in [0.4, 0.5) is 11.4 Å². The highest BCUT2D eigenvalue weighted by Gasteiger charge is 2.03. The van der Waals surface area contributed by atoms with Crippen LogP contribution in [0.3, 0.4) is 0 Å². The van der Waals surface area contributed by atoms with E-state index in [4.69, 9.17) is 11.6 Å². The molecule has 0 aliphatic carbocycles. The number of nitrogens with one attached hydrogen (secondary N) is 2. The molecule has 1 aromatic rings. The van der Waals surface area contributed by atoms with Crippen LogP contribution < -0.4 is 10.6 Å². The first kappa shape index (κ1) is 16.8. The lowest BCUT2D eigenvalue weighted by Crippen LogP contribution is -2.07. The maximum atomic E-state index is 11.0. The van der Waals surface area contributed by atoms with Crippen LogP contribution in [0.5, 0.6) is 0 Å². The van der Waals surface area contributed by atoms with E-state index in [0.29, 0.717) is 10.7 Å². The molecule has 0 spiro atoms. The van der Waals surface area contributed by atoms with Crippen LogP contribution in [0.25, 0.3) is 0 Å². The molecule has 4 heteroatoms. The summed E-state index contributed by atoms with van der Waals surface area (Å²) in [5.74, 6) is -0.111. The summed E-state index contributed by atoms with van der Waals surface area (Å²) in [4.78, 5) is 11.0. The van der Waals surface area contributed by atoms with E-state index < -0.39 is 0 Å². The van der Waals surface area contributed by atoms with Gasteiger partial charge in [-0.2, -0.15) is 0 Å². The van der Waals surface area contributed by atoms with Crippen molar-refractivity contribution in [3.8, 4) is 0 Å². The minimum Gasteiger partial charge on any atom is -0.385 e. The van der Waals surface area contributed by atoms with E-state index >= 15 is 0 Å². The molecule has 2 N–H and O–H groups in total. The second-order valence-electron chi connectivity index (χ2n) is 5.07. The van der Waals surface area contributed by atoms with Crippen molar-refractivity contribution >= 4 is 28.9 Å². The molecule has 1 rings (SSSR count). The fourth-order valence-corrected chi connectivity index (χ4v) is 2.28. The molecule has 0 fully saturated rings. The van der Waals surface area contributed by atoms with E-state index in [9.17, 15) is 4.79 Å². The van der Waals surface area contributed by atoms with Gasteiger partial charge in [0.1, 0.15) is 0 Å². The van der Waals surface area contributed by atoms with Crippen molar-refractivity contribution in [1.29, 1.82) is 0 Å². The molecule has 0 aromatic heterocycles. The van der Waals surface area contributed by atoms with Crippen LogP contribution in [0.15, 0.2) is 18.2 Å². The summed E-state index contributed by atoms with van der Waals surface area (Å²) in [5.41, 5.74) is 1.65. The Hall–Kier alpha value is -1.22. The van der Waals surface area contributed by atoms with Gasteiger partial charge in [-0.1, -0.05) is 50.6 Å². The predicted molar refractivity (Wildman–Crippen MR) is 87.6 cm³/mol. The monoisotopic (exact) mass is 296 g/mol. The number of anilines is 2. The molecular formula is C16H25ClN2O. The minimum absolute atomic E-state index is 0.111. The zero-order valence-electron chi connectivity index (χ0n) is 12.5. The van der Waals surface area contributed by atoms with Crippen molar-refractivity contribution in [1.82, 2.24) is 0 Å². The van der Waals surface area contributed by atoms with Crippen molar-refractivity contribution in [2.75, 3.05) is 17.2 Å². The van der Waals surface area contributed by atoms with E-state index in [1.807, 2.05) is 18.2 Å². The van der Waals surface area contributed by atoms with Crippen LogP contribution in [-0.4, -0.2) is 12.5 Å². The van der Waals surface area contributed by atoms with Crippen molar-refractivity contribution in [3.05, 3.63) is 23.2 Å². The molecule has 0 unspecified atom stereocenters. The molecule has 0 atom stereocenters. The van der Waals surface area contributed by atoms with Crippen molar-refractivity contribution in [3.63, 3.8) is 0 Å². The largest absolute Gasteiger partial charge is 0.385 e. The Morgan fingerprint density at radius 1 is 1.15 bits per heavy atom. The lowest BCUT2D eigenvalue weighted by Gasteiger charge is -2.10. The lowest BCUT2D eigenvalue weighted by atomic mass is 10.1. The fourth-order valence-electron chi connectivity index (χ4n) is 2.05. The number of hydrogen-bond donors (Lipinski definition) is 2. The smallest absolute Gasteiger partial charge is 0.221 e. The molecule has 3 nitrogen and oxygen atoms in total. The van der Waals surface area contributed by atoms with Crippen LogP contribution in [0.2, 0.25) is 5.02 Å². The third-order valence-corrected chi connectivity index (χ3v) is 3.45. The van der Waals surface area contributed by atoms with E-state index in [-0.39, 0.29) is 5.91 Å². The van der Waals surface area contributed by atoms with Crippen molar-refractivity contribution in [2.24, 2.45) is 0 Å². The maximum absolute atomic E-state index is 11.0. The number of halogens is 1. The molecule has 112 valence electrons. The predicted octanol–water partition coefficient (Wildman–Crippen LogP) is 5.07. The Morgan fingerprint density at radius 2 is 1.85 bits per heavy atom. The third-order valence-electron chi connectivity index (χ3n) is 3.14. The van der Waals surface area contributed by atoms with Gasteiger partial charge in [-0.05, 0) is 24.6 Å². The Bertz CT molecular complexity index is 421. The average molecular weight is 297 g/mol. The quantitative estimate of drug-likeness (QED) is 0.625. The van der Waals surface area contributed by atoms with Crippen LogP contribution >= 0.6 is 11.6 Å². The highest BCUT2D eigenvalue weighted by molar-refractivity contribution is 6.34. The summed E-state index contributed by atoms with van der Waals surface area (Å²) >= 11 is 6.12. The second-order valence-corrected chi connectivity index (χ2v) is 5.48. The Labute approximate surface area is 127 Å². The van der Waals surface area contributed by atoms with Gasteiger partial charge in [0.15, 0.2) is 0 Å². The highest BCUT2D eigenvalue weighted by atomic mass is 35.5. The van der Waals surface area contributed by atoms with Gasteiger partial charge in [-0.15, -0.1) is 0 Å². The highest BCUT2D eigenvalue weighted by Crippen LogP contribution is 2.25. The number of hydrogen-bond acceptors (Lipinski definition) is 2. The number of rotatable bonds is 9. The summed E-state index contributed by atoms with van der Waals surface area (Å²) in [5, 5.41) is 6.62. The van der Waals surface area contributed by atoms with Gasteiger partial charge in [-0.25, -0.2) is 0 Å². The van der Waals surface area contributed by atoms with E-state index in [0.717, 1.165) is 12.2 Å². The van der Waals surface area contributed by atoms with Gasteiger partial charge in [0.05, 0.1) is 10.7 Å². The molecule has 0 aliphatic heterocycles. The van der Waals surface area contributed by atoms with Gasteiger partial charge in [-0.3, -0.25) is 4.79 Å². The van der Waals surface area contributed by atoms with Gasteiger partial charge in [0.25, 0.3) is 0 Å². The minimum atomic E-state index is -0.111. The normalized spacial score (nSPS) is 10.3. The van der Waals surface area contributed by atoms with E-state index in [2.05, 4.69) is 17.6 Å². The van der Waals surface area contributed by atoms with Crippen LogP contribution in [-0.2, 0) is 4.79 Å². The first-order chi connectivity index (χ1) is 9.63. The number of carbonyl (C=O) groups excluding carboxylic acids is 1. The average Bonchev–Trinajstić information content (AvgIpc) is 2.40. The molecule has 1 amide bonds. The number of amides is 1. The molecule has 20 heavy (non-hydrogen) atoms. The third kappa shape index (κ3) is 6.80. The molecule has 0 bridgehead atoms. The molecule has 0 saturated carbocycles. The number of carbonyl (C=O) groups is 1. The zero-order chi connectivity index (χ0) is 14.8. The molecular weight excluding hydrogens is 272 g/mol. The Kier molecular flexibility index (Phi) is 8.12. The zero-order valence-corrected chi connectivity index (χ0v) is 13.2. The topological polar surface area (TPSA) is 41.1 Å². The summed E-state index contributed by atoms with van der Waals surface area (Å²) in [6, 6.07) is 5.62. The van der Waals surface area contributed by atoms with Gasteiger partial charge >= 0.3 is 0 Å². The number of unbranched alkanes of at least 4 members (excludes halogenated alkanes) is 5. The number of benzene rings is 1. The summed E-state index contributed by atoms with van der Waals surface area (Å²) in [7, 11) is 0. The van der Waals surface area contributed by atoms with Gasteiger partial charge < -0.3 is 10.6 Å². The molecule has 0 heterocycles. The molecule has 0 radical (unpaired) electrons. The Balaban J connectivity index is 2.27. The van der Waals surface area contributed by atoms with E-state index in [1.165, 1.54) is 45.4 Å². The lowest BCUT2D eigenvalue weighted by molar-refractivity contribution is -0.114.